The van der Waals surface area contributed by atoms with Gasteiger partial charge in [0.05, 0.1) is 12.8 Å². The number of nitrogens with two attached hydrogens (primary N) is 1. The highest BCUT2D eigenvalue weighted by Gasteiger charge is 2.25. The van der Waals surface area contributed by atoms with Crippen LogP contribution < -0.4 is 15.8 Å². The van der Waals surface area contributed by atoms with Gasteiger partial charge in [-0.15, -0.1) is 0 Å². The van der Waals surface area contributed by atoms with Crippen LogP contribution in [0, 0.1) is 0 Å². The van der Waals surface area contributed by atoms with Crippen molar-refractivity contribution in [3.63, 3.8) is 0 Å². The van der Waals surface area contributed by atoms with E-state index in [0.717, 1.165) is 25.9 Å². The fourth-order valence-electron chi connectivity index (χ4n) is 2.87. The van der Waals surface area contributed by atoms with Crippen LogP contribution in [0.1, 0.15) is 30.1 Å². The van der Waals surface area contributed by atoms with E-state index in [1.165, 1.54) is 19.2 Å². The number of likely N-dealkylation sites (tertiary alicyclic amines) is 1. The Kier molecular flexibility index (Phi) is 4.90. The number of carbonyl (C=O) groups is 1. The van der Waals surface area contributed by atoms with Gasteiger partial charge in [-0.2, -0.15) is 0 Å². The predicted octanol–water partition coefficient (Wildman–Crippen LogP) is 1.20. The maximum absolute atomic E-state index is 12.3. The maximum Gasteiger partial charge on any atom is 0.258 e. The van der Waals surface area contributed by atoms with E-state index in [1.807, 2.05) is 0 Å². The number of amides is 1. The van der Waals surface area contributed by atoms with Crippen molar-refractivity contribution in [2.75, 3.05) is 32.5 Å². The van der Waals surface area contributed by atoms with Crippen molar-refractivity contribution < 1.29 is 14.6 Å². The molecule has 2 rings (SSSR count). The Morgan fingerprint density at radius 3 is 3.00 bits per heavy atom. The number of anilines is 1. The highest BCUT2D eigenvalue weighted by atomic mass is 16.5. The van der Waals surface area contributed by atoms with E-state index in [2.05, 4.69) is 17.1 Å². The summed E-state index contributed by atoms with van der Waals surface area (Å²) in [6.45, 7) is 4.73. The quantitative estimate of drug-likeness (QED) is 0.561. The summed E-state index contributed by atoms with van der Waals surface area (Å²) in [5.41, 5.74) is 6.20. The van der Waals surface area contributed by atoms with Crippen LogP contribution in [0.25, 0.3) is 0 Å². The van der Waals surface area contributed by atoms with Crippen molar-refractivity contribution in [2.45, 2.75) is 25.8 Å². The van der Waals surface area contributed by atoms with Crippen LogP contribution in [0.2, 0.25) is 0 Å². The molecule has 0 spiro atoms. The molecule has 6 nitrogen and oxygen atoms in total. The summed E-state index contributed by atoms with van der Waals surface area (Å²) in [4.78, 5) is 14.7. The molecule has 1 unspecified atom stereocenters. The molecular weight excluding hydrogens is 270 g/mol. The topological polar surface area (TPSA) is 87.8 Å². The molecule has 1 fully saturated rings. The molecule has 0 bridgehead atoms. The van der Waals surface area contributed by atoms with Crippen LogP contribution in [-0.2, 0) is 0 Å². The van der Waals surface area contributed by atoms with Crippen LogP contribution in [0.4, 0.5) is 5.69 Å². The number of nitrogens with one attached hydrogen (secondary N) is 1. The molecule has 1 saturated heterocycles. The van der Waals surface area contributed by atoms with Crippen LogP contribution in [0.3, 0.4) is 0 Å². The number of hydrogen-bond donors (Lipinski definition) is 3. The number of ether oxygens (including phenoxy) is 1. The number of nitrogen functional groups attached to an aromatic ring is 1. The first-order valence-corrected chi connectivity index (χ1v) is 7.26. The maximum atomic E-state index is 12.3. The molecule has 0 saturated carbocycles. The molecule has 1 aromatic rings. The smallest absolute Gasteiger partial charge is 0.258 e. The van der Waals surface area contributed by atoms with E-state index in [9.17, 15) is 9.90 Å². The minimum atomic E-state index is -0.361. The fraction of sp³-hybridized carbons (Fsp3) is 0.533. The van der Waals surface area contributed by atoms with E-state index < -0.39 is 0 Å². The fourth-order valence-corrected chi connectivity index (χ4v) is 2.87. The Hall–Kier alpha value is -1.95. The first-order valence-electron chi connectivity index (χ1n) is 7.26. The van der Waals surface area contributed by atoms with E-state index in [-0.39, 0.29) is 23.0 Å². The second-order valence-corrected chi connectivity index (χ2v) is 5.22. The molecule has 1 heterocycles. The zero-order chi connectivity index (χ0) is 15.4. The van der Waals surface area contributed by atoms with E-state index in [4.69, 9.17) is 10.5 Å². The van der Waals surface area contributed by atoms with Gasteiger partial charge in [0.2, 0.25) is 0 Å². The predicted molar refractivity (Wildman–Crippen MR) is 81.7 cm³/mol. The number of hydrogen-bond acceptors (Lipinski definition) is 5. The molecule has 1 aliphatic heterocycles. The molecule has 21 heavy (non-hydrogen) atoms. The molecule has 1 atom stereocenters. The normalized spacial score (nSPS) is 18.7. The van der Waals surface area contributed by atoms with Gasteiger partial charge in [-0.1, -0.05) is 6.92 Å². The highest BCUT2D eigenvalue weighted by Crippen LogP contribution is 2.33. The molecule has 1 amide bonds. The number of phenols is 1. The van der Waals surface area contributed by atoms with Crippen molar-refractivity contribution in [3.8, 4) is 11.5 Å². The molecule has 116 valence electrons. The lowest BCUT2D eigenvalue weighted by Crippen LogP contribution is -2.40. The number of benzene rings is 1. The zero-order valence-electron chi connectivity index (χ0n) is 12.6. The number of rotatable bonds is 5. The molecule has 0 radical (unpaired) electrons. The molecule has 0 aliphatic carbocycles. The van der Waals surface area contributed by atoms with Gasteiger partial charge in [0.25, 0.3) is 5.91 Å². The lowest BCUT2D eigenvalue weighted by atomic mass is 10.1. The van der Waals surface area contributed by atoms with Crippen molar-refractivity contribution in [1.82, 2.24) is 10.2 Å². The largest absolute Gasteiger partial charge is 0.507 e. The Morgan fingerprint density at radius 1 is 1.57 bits per heavy atom. The molecule has 6 heteroatoms. The van der Waals surface area contributed by atoms with Gasteiger partial charge < -0.3 is 20.9 Å². The zero-order valence-corrected chi connectivity index (χ0v) is 12.6. The number of nitrogens with zero attached hydrogens (tertiary/aromatic N) is 1. The summed E-state index contributed by atoms with van der Waals surface area (Å²) < 4.78 is 5.14. The third-order valence-electron chi connectivity index (χ3n) is 4.00. The van der Waals surface area contributed by atoms with E-state index in [1.54, 1.807) is 0 Å². The van der Waals surface area contributed by atoms with Gasteiger partial charge in [0.15, 0.2) is 5.75 Å². The average molecular weight is 293 g/mol. The summed E-state index contributed by atoms with van der Waals surface area (Å²) in [5, 5.41) is 12.8. The molecule has 1 aromatic carbocycles. The SMILES string of the molecule is CCN1CCCC1CNC(=O)c1c(O)ccc(N)c1OC. The first kappa shape index (κ1) is 15.4. The standard InChI is InChI=1S/C15H23N3O3/c1-3-18-8-4-5-10(18)9-17-15(20)13-12(19)7-6-11(16)14(13)21-2/h6-7,10,19H,3-5,8-9,16H2,1-2H3,(H,17,20). The van der Waals surface area contributed by atoms with Gasteiger partial charge in [-0.3, -0.25) is 9.69 Å². The van der Waals surface area contributed by atoms with Crippen LogP contribution in [0.15, 0.2) is 12.1 Å². The van der Waals surface area contributed by atoms with Gasteiger partial charge in [0, 0.05) is 12.6 Å². The average Bonchev–Trinajstić information content (AvgIpc) is 2.94. The third-order valence-corrected chi connectivity index (χ3v) is 4.00. The monoisotopic (exact) mass is 293 g/mol. The van der Waals surface area contributed by atoms with Gasteiger partial charge in [0.1, 0.15) is 11.3 Å². The minimum Gasteiger partial charge on any atom is -0.507 e. The Balaban J connectivity index is 2.09. The second kappa shape index (κ2) is 6.67. The summed E-state index contributed by atoms with van der Waals surface area (Å²) in [7, 11) is 1.43. The van der Waals surface area contributed by atoms with E-state index in [0.29, 0.717) is 18.3 Å². The lowest BCUT2D eigenvalue weighted by molar-refractivity contribution is 0.0935. The highest BCUT2D eigenvalue weighted by molar-refractivity contribution is 6.01. The van der Waals surface area contributed by atoms with Crippen molar-refractivity contribution in [2.24, 2.45) is 0 Å². The first-order chi connectivity index (χ1) is 10.1. The molecule has 1 aliphatic rings. The van der Waals surface area contributed by atoms with Gasteiger partial charge in [-0.25, -0.2) is 0 Å². The summed E-state index contributed by atoms with van der Waals surface area (Å²) in [6, 6.07) is 3.27. The van der Waals surface area contributed by atoms with Crippen LogP contribution >= 0.6 is 0 Å². The Labute approximate surface area is 124 Å². The van der Waals surface area contributed by atoms with Crippen molar-refractivity contribution >= 4 is 11.6 Å². The third kappa shape index (κ3) is 3.21. The Morgan fingerprint density at radius 2 is 2.33 bits per heavy atom. The summed E-state index contributed by atoms with van der Waals surface area (Å²) in [6.07, 6.45) is 2.23. The van der Waals surface area contributed by atoms with Crippen LogP contribution in [0.5, 0.6) is 11.5 Å². The molecule has 4 N–H and O–H groups in total. The lowest BCUT2D eigenvalue weighted by Gasteiger charge is -2.23. The minimum absolute atomic E-state index is 0.0959. The number of methoxy groups -OCH3 is 1. The van der Waals surface area contributed by atoms with Gasteiger partial charge in [-0.05, 0) is 38.1 Å². The summed E-state index contributed by atoms with van der Waals surface area (Å²) >= 11 is 0. The number of phenolic OH excluding ortho intramolecular Hbond substituents is 1. The summed E-state index contributed by atoms with van der Waals surface area (Å²) in [5.74, 6) is -0.275. The van der Waals surface area contributed by atoms with Crippen molar-refractivity contribution in [1.29, 1.82) is 0 Å². The molecule has 0 aromatic heterocycles. The van der Waals surface area contributed by atoms with Crippen LogP contribution in [-0.4, -0.2) is 48.7 Å². The van der Waals surface area contributed by atoms with Crippen molar-refractivity contribution in [3.05, 3.63) is 17.7 Å². The number of likely N-dealkylation sites (N-methyl/N-ethyl adjacent to an activating group) is 1. The number of aromatic hydroxyl groups is 1. The molecular formula is C15H23N3O3. The second-order valence-electron chi connectivity index (χ2n) is 5.22. The Bertz CT molecular complexity index is 519. The van der Waals surface area contributed by atoms with E-state index >= 15 is 0 Å². The number of carbonyl (C=O) groups excluding carboxylic acids is 1. The van der Waals surface area contributed by atoms with Gasteiger partial charge >= 0.3 is 0 Å².